The van der Waals surface area contributed by atoms with Crippen LogP contribution in [0, 0.1) is 0 Å². The highest BCUT2D eigenvalue weighted by Gasteiger charge is 2.31. The summed E-state index contributed by atoms with van der Waals surface area (Å²) >= 11 is 0. The number of carbonyl (C=O) groups excluding carboxylic acids is 1. The third-order valence-electron chi connectivity index (χ3n) is 3.14. The maximum Gasteiger partial charge on any atom is 0.416 e. The van der Waals surface area contributed by atoms with Crippen molar-refractivity contribution in [3.05, 3.63) is 35.4 Å². The number of benzene rings is 1. The molecule has 1 aliphatic heterocycles. The molecular weight excluding hydrogens is 257 g/mol. The van der Waals surface area contributed by atoms with E-state index in [1.165, 1.54) is 6.07 Å². The van der Waals surface area contributed by atoms with Crippen molar-refractivity contribution < 1.29 is 18.0 Å². The monoisotopic (exact) mass is 272 g/mol. The van der Waals surface area contributed by atoms with Gasteiger partial charge in [0.25, 0.3) is 0 Å². The van der Waals surface area contributed by atoms with Gasteiger partial charge in [0, 0.05) is 19.6 Å². The van der Waals surface area contributed by atoms with Gasteiger partial charge in [-0.15, -0.1) is 0 Å². The molecule has 104 valence electrons. The third-order valence-corrected chi connectivity index (χ3v) is 3.14. The Labute approximate surface area is 109 Å². The van der Waals surface area contributed by atoms with E-state index in [0.29, 0.717) is 18.7 Å². The van der Waals surface area contributed by atoms with Gasteiger partial charge in [0.2, 0.25) is 5.91 Å². The Morgan fingerprint density at radius 2 is 2.16 bits per heavy atom. The van der Waals surface area contributed by atoms with Gasteiger partial charge in [0.15, 0.2) is 0 Å². The standard InChI is InChI=1S/C13H15F3N2O/c1-9-12(19)18(6-5-17-9)8-10-3-2-4-11(7-10)13(14,15)16/h2-4,7,9,17H,5-6,8H2,1H3. The number of hydrogen-bond donors (Lipinski definition) is 1. The van der Waals surface area contributed by atoms with Crippen LogP contribution in [0.2, 0.25) is 0 Å². The average Bonchev–Trinajstić information content (AvgIpc) is 2.34. The molecule has 1 aliphatic rings. The van der Waals surface area contributed by atoms with Crippen molar-refractivity contribution in [2.45, 2.75) is 25.7 Å². The lowest BCUT2D eigenvalue weighted by molar-refractivity contribution is -0.137. The average molecular weight is 272 g/mol. The molecule has 2 rings (SSSR count). The first-order valence-corrected chi connectivity index (χ1v) is 6.06. The molecule has 3 nitrogen and oxygen atoms in total. The smallest absolute Gasteiger partial charge is 0.336 e. The Morgan fingerprint density at radius 1 is 1.42 bits per heavy atom. The third kappa shape index (κ3) is 3.26. The van der Waals surface area contributed by atoms with Crippen molar-refractivity contribution in [3.8, 4) is 0 Å². The lowest BCUT2D eigenvalue weighted by Crippen LogP contribution is -2.53. The van der Waals surface area contributed by atoms with Crippen LogP contribution < -0.4 is 5.32 Å². The molecule has 1 saturated heterocycles. The number of amides is 1. The number of alkyl halides is 3. The van der Waals surface area contributed by atoms with Gasteiger partial charge in [-0.05, 0) is 24.6 Å². The molecule has 0 aromatic heterocycles. The van der Waals surface area contributed by atoms with Crippen molar-refractivity contribution in [2.75, 3.05) is 13.1 Å². The summed E-state index contributed by atoms with van der Waals surface area (Å²) in [4.78, 5) is 13.4. The van der Waals surface area contributed by atoms with Crippen LogP contribution in [0.5, 0.6) is 0 Å². The van der Waals surface area contributed by atoms with Crippen molar-refractivity contribution >= 4 is 5.91 Å². The zero-order valence-electron chi connectivity index (χ0n) is 10.5. The van der Waals surface area contributed by atoms with Crippen LogP contribution in [0.25, 0.3) is 0 Å². The molecule has 6 heteroatoms. The van der Waals surface area contributed by atoms with Crippen LogP contribution in [-0.4, -0.2) is 29.9 Å². The van der Waals surface area contributed by atoms with Gasteiger partial charge in [0.05, 0.1) is 11.6 Å². The molecule has 0 bridgehead atoms. The summed E-state index contributed by atoms with van der Waals surface area (Å²) in [6.45, 7) is 3.14. The van der Waals surface area contributed by atoms with Gasteiger partial charge in [-0.1, -0.05) is 12.1 Å². The van der Waals surface area contributed by atoms with Crippen LogP contribution in [-0.2, 0) is 17.5 Å². The highest BCUT2D eigenvalue weighted by molar-refractivity contribution is 5.82. The second-order valence-electron chi connectivity index (χ2n) is 4.63. The van der Waals surface area contributed by atoms with Crippen LogP contribution in [0.15, 0.2) is 24.3 Å². The van der Waals surface area contributed by atoms with Crippen molar-refractivity contribution in [3.63, 3.8) is 0 Å². The summed E-state index contributed by atoms with van der Waals surface area (Å²) in [5.74, 6) is -0.0799. The molecule has 1 fully saturated rings. The minimum Gasteiger partial charge on any atom is -0.336 e. The molecule has 0 spiro atoms. The van der Waals surface area contributed by atoms with Gasteiger partial charge in [-0.3, -0.25) is 4.79 Å². The summed E-state index contributed by atoms with van der Waals surface area (Å²) < 4.78 is 37.8. The fourth-order valence-corrected chi connectivity index (χ4v) is 2.11. The molecule has 1 N–H and O–H groups in total. The number of rotatable bonds is 2. The first kappa shape index (κ1) is 13.9. The molecule has 0 aliphatic carbocycles. The summed E-state index contributed by atoms with van der Waals surface area (Å²) in [6.07, 6.45) is -4.35. The molecule has 19 heavy (non-hydrogen) atoms. The molecule has 1 atom stereocenters. The Kier molecular flexibility index (Phi) is 3.80. The van der Waals surface area contributed by atoms with Gasteiger partial charge in [-0.25, -0.2) is 0 Å². The van der Waals surface area contributed by atoms with E-state index in [1.807, 2.05) is 0 Å². The molecule has 1 unspecified atom stereocenters. The molecule has 0 radical (unpaired) electrons. The van der Waals surface area contributed by atoms with Crippen molar-refractivity contribution in [2.24, 2.45) is 0 Å². The number of nitrogens with zero attached hydrogens (tertiary/aromatic N) is 1. The number of carbonyl (C=O) groups is 1. The van der Waals surface area contributed by atoms with E-state index in [4.69, 9.17) is 0 Å². The summed E-state index contributed by atoms with van der Waals surface area (Å²) in [5, 5.41) is 3.01. The number of nitrogens with one attached hydrogen (secondary N) is 1. The fourth-order valence-electron chi connectivity index (χ4n) is 2.11. The number of hydrogen-bond acceptors (Lipinski definition) is 2. The zero-order valence-corrected chi connectivity index (χ0v) is 10.5. The highest BCUT2D eigenvalue weighted by Crippen LogP contribution is 2.29. The van der Waals surface area contributed by atoms with E-state index < -0.39 is 11.7 Å². The Bertz CT molecular complexity index is 473. The summed E-state index contributed by atoms with van der Waals surface area (Å²) in [5.41, 5.74) is -0.182. The maximum absolute atomic E-state index is 12.6. The van der Waals surface area contributed by atoms with Gasteiger partial charge in [0.1, 0.15) is 0 Å². The Morgan fingerprint density at radius 3 is 2.84 bits per heavy atom. The predicted octanol–water partition coefficient (Wildman–Crippen LogP) is 2.03. The highest BCUT2D eigenvalue weighted by atomic mass is 19.4. The second kappa shape index (κ2) is 5.21. The topological polar surface area (TPSA) is 32.3 Å². The maximum atomic E-state index is 12.6. The lowest BCUT2D eigenvalue weighted by atomic mass is 10.1. The van der Waals surface area contributed by atoms with E-state index in [2.05, 4.69) is 5.32 Å². The molecule has 1 aromatic rings. The molecular formula is C13H15F3N2O. The van der Waals surface area contributed by atoms with Crippen LogP contribution >= 0.6 is 0 Å². The lowest BCUT2D eigenvalue weighted by Gasteiger charge is -2.31. The molecule has 0 saturated carbocycles. The summed E-state index contributed by atoms with van der Waals surface area (Å²) in [7, 11) is 0. The minimum absolute atomic E-state index is 0.0799. The second-order valence-corrected chi connectivity index (χ2v) is 4.63. The van der Waals surface area contributed by atoms with E-state index in [-0.39, 0.29) is 18.5 Å². The van der Waals surface area contributed by atoms with Crippen LogP contribution in [0.4, 0.5) is 13.2 Å². The first-order valence-electron chi connectivity index (χ1n) is 6.06. The quantitative estimate of drug-likeness (QED) is 0.893. The molecule has 1 aromatic carbocycles. The SMILES string of the molecule is CC1NCCN(Cc2cccc(C(F)(F)F)c2)C1=O. The van der Waals surface area contributed by atoms with Crippen molar-refractivity contribution in [1.82, 2.24) is 10.2 Å². The Hall–Kier alpha value is -1.56. The van der Waals surface area contributed by atoms with E-state index >= 15 is 0 Å². The van der Waals surface area contributed by atoms with E-state index in [0.717, 1.165) is 12.1 Å². The Balaban J connectivity index is 2.13. The van der Waals surface area contributed by atoms with Crippen LogP contribution in [0.3, 0.4) is 0 Å². The normalized spacial score (nSPS) is 20.7. The van der Waals surface area contributed by atoms with E-state index in [1.54, 1.807) is 17.9 Å². The zero-order chi connectivity index (χ0) is 14.0. The molecule has 1 heterocycles. The fraction of sp³-hybridized carbons (Fsp3) is 0.462. The summed E-state index contributed by atoms with van der Waals surface area (Å²) in [6, 6.07) is 4.83. The largest absolute Gasteiger partial charge is 0.416 e. The molecule has 1 amide bonds. The number of halogens is 3. The number of piperazine rings is 1. The van der Waals surface area contributed by atoms with E-state index in [9.17, 15) is 18.0 Å². The first-order chi connectivity index (χ1) is 8.88. The van der Waals surface area contributed by atoms with Gasteiger partial charge in [-0.2, -0.15) is 13.2 Å². The van der Waals surface area contributed by atoms with Crippen LogP contribution in [0.1, 0.15) is 18.1 Å². The van der Waals surface area contributed by atoms with Gasteiger partial charge >= 0.3 is 6.18 Å². The predicted molar refractivity (Wildman–Crippen MR) is 64.3 cm³/mol. The van der Waals surface area contributed by atoms with Crippen molar-refractivity contribution in [1.29, 1.82) is 0 Å². The van der Waals surface area contributed by atoms with Gasteiger partial charge < -0.3 is 10.2 Å². The minimum atomic E-state index is -4.35.